The highest BCUT2D eigenvalue weighted by Crippen LogP contribution is 2.25. The molecule has 1 fully saturated rings. The van der Waals surface area contributed by atoms with Crippen LogP contribution in [0.4, 0.5) is 4.39 Å². The molecule has 118 valence electrons. The first-order valence-corrected chi connectivity index (χ1v) is 8.59. The Morgan fingerprint density at radius 2 is 1.86 bits per heavy atom. The highest BCUT2D eigenvalue weighted by molar-refractivity contribution is 7.86. The highest BCUT2D eigenvalue weighted by Gasteiger charge is 2.33. The van der Waals surface area contributed by atoms with Crippen LogP contribution in [0.1, 0.15) is 25.5 Å². The monoisotopic (exact) mass is 315 g/mol. The van der Waals surface area contributed by atoms with E-state index >= 15 is 0 Å². The molecule has 1 saturated heterocycles. The Labute approximate surface area is 125 Å². The number of benzene rings is 1. The van der Waals surface area contributed by atoms with E-state index in [1.807, 2.05) is 13.8 Å². The first kappa shape index (κ1) is 16.4. The summed E-state index contributed by atoms with van der Waals surface area (Å²) in [6.45, 7) is 6.33. The summed E-state index contributed by atoms with van der Waals surface area (Å²) in [6.07, 6.45) is 0. The van der Waals surface area contributed by atoms with Crippen molar-refractivity contribution in [2.45, 2.75) is 19.9 Å². The molecule has 7 heteroatoms. The fourth-order valence-electron chi connectivity index (χ4n) is 2.57. The second-order valence-corrected chi connectivity index (χ2v) is 6.97. The third kappa shape index (κ3) is 3.60. The third-order valence-electron chi connectivity index (χ3n) is 3.79. The van der Waals surface area contributed by atoms with Gasteiger partial charge in [-0.15, -0.1) is 0 Å². The molecule has 0 aromatic heterocycles. The minimum atomic E-state index is -3.50. The van der Waals surface area contributed by atoms with Crippen molar-refractivity contribution in [3.05, 3.63) is 35.6 Å². The van der Waals surface area contributed by atoms with E-state index in [0.29, 0.717) is 32.7 Å². The second-order valence-electron chi connectivity index (χ2n) is 5.09. The van der Waals surface area contributed by atoms with E-state index in [4.69, 9.17) is 0 Å². The summed E-state index contributed by atoms with van der Waals surface area (Å²) in [5, 5.41) is 3.14. The van der Waals surface area contributed by atoms with E-state index in [1.165, 1.54) is 20.7 Å². The molecule has 0 aliphatic carbocycles. The number of hydrogen-bond donors (Lipinski definition) is 1. The molecule has 1 N–H and O–H groups in total. The van der Waals surface area contributed by atoms with Gasteiger partial charge in [-0.05, 0) is 24.6 Å². The van der Waals surface area contributed by atoms with Crippen LogP contribution in [0.25, 0.3) is 0 Å². The van der Waals surface area contributed by atoms with E-state index in [1.54, 1.807) is 12.1 Å². The maximum Gasteiger partial charge on any atom is 0.282 e. The molecular formula is C14H22FN3O2S. The maximum atomic E-state index is 13.0. The SMILES string of the molecule is CCN(C(C)c1ccc(F)cc1)S(=O)(=O)N1CCNCC1. The summed E-state index contributed by atoms with van der Waals surface area (Å²) in [6, 6.07) is 5.66. The zero-order chi connectivity index (χ0) is 15.5. The lowest BCUT2D eigenvalue weighted by molar-refractivity contribution is 0.288. The van der Waals surface area contributed by atoms with Crippen LogP contribution in [-0.2, 0) is 10.2 Å². The normalized spacial score (nSPS) is 18.9. The summed E-state index contributed by atoms with van der Waals surface area (Å²) in [4.78, 5) is 0. The molecule has 5 nitrogen and oxygen atoms in total. The van der Waals surface area contributed by atoms with Gasteiger partial charge in [0.1, 0.15) is 5.82 Å². The van der Waals surface area contributed by atoms with Gasteiger partial charge in [0.15, 0.2) is 0 Å². The number of nitrogens with one attached hydrogen (secondary N) is 1. The summed E-state index contributed by atoms with van der Waals surface area (Å²) in [5.41, 5.74) is 0.789. The zero-order valence-electron chi connectivity index (χ0n) is 12.4. The van der Waals surface area contributed by atoms with Gasteiger partial charge in [-0.1, -0.05) is 19.1 Å². The first-order chi connectivity index (χ1) is 9.96. The van der Waals surface area contributed by atoms with E-state index < -0.39 is 10.2 Å². The van der Waals surface area contributed by atoms with Gasteiger partial charge in [-0.3, -0.25) is 0 Å². The number of piperazine rings is 1. The number of halogens is 1. The van der Waals surface area contributed by atoms with Crippen LogP contribution in [0.3, 0.4) is 0 Å². The maximum absolute atomic E-state index is 13.0. The molecule has 0 amide bonds. The zero-order valence-corrected chi connectivity index (χ0v) is 13.2. The first-order valence-electron chi connectivity index (χ1n) is 7.20. The molecule has 1 unspecified atom stereocenters. The predicted octanol–water partition coefficient (Wildman–Crippen LogP) is 1.36. The van der Waals surface area contributed by atoms with Crippen molar-refractivity contribution in [3.8, 4) is 0 Å². The van der Waals surface area contributed by atoms with E-state index in [-0.39, 0.29) is 11.9 Å². The van der Waals surface area contributed by atoms with Crippen LogP contribution >= 0.6 is 0 Å². The summed E-state index contributed by atoms with van der Waals surface area (Å²) in [7, 11) is -3.50. The van der Waals surface area contributed by atoms with Gasteiger partial charge in [0.2, 0.25) is 0 Å². The summed E-state index contributed by atoms with van der Waals surface area (Å²) in [5.74, 6) is -0.320. The van der Waals surface area contributed by atoms with Gasteiger partial charge in [-0.25, -0.2) is 4.39 Å². The van der Waals surface area contributed by atoms with Crippen molar-refractivity contribution < 1.29 is 12.8 Å². The molecule has 1 aromatic rings. The number of hydrogen-bond acceptors (Lipinski definition) is 3. The molecule has 1 aliphatic heterocycles. The lowest BCUT2D eigenvalue weighted by Gasteiger charge is -2.35. The average Bonchev–Trinajstić information content (AvgIpc) is 2.49. The highest BCUT2D eigenvalue weighted by atomic mass is 32.2. The second kappa shape index (κ2) is 6.83. The Hall–Kier alpha value is -1.02. The van der Waals surface area contributed by atoms with E-state index in [9.17, 15) is 12.8 Å². The topological polar surface area (TPSA) is 52.7 Å². The minimum Gasteiger partial charge on any atom is -0.314 e. The van der Waals surface area contributed by atoms with Crippen molar-refractivity contribution >= 4 is 10.2 Å². The lowest BCUT2D eigenvalue weighted by Crippen LogP contribution is -2.52. The Morgan fingerprint density at radius 3 is 2.38 bits per heavy atom. The molecule has 21 heavy (non-hydrogen) atoms. The fraction of sp³-hybridized carbons (Fsp3) is 0.571. The molecular weight excluding hydrogens is 293 g/mol. The molecule has 0 spiro atoms. The Balaban J connectivity index is 2.23. The van der Waals surface area contributed by atoms with Crippen molar-refractivity contribution in [2.24, 2.45) is 0 Å². The largest absolute Gasteiger partial charge is 0.314 e. The van der Waals surface area contributed by atoms with Gasteiger partial charge < -0.3 is 5.32 Å². The van der Waals surface area contributed by atoms with Gasteiger partial charge in [-0.2, -0.15) is 17.0 Å². The molecule has 0 bridgehead atoms. The third-order valence-corrected chi connectivity index (χ3v) is 5.98. The number of rotatable bonds is 5. The predicted molar refractivity (Wildman–Crippen MR) is 80.6 cm³/mol. The molecule has 0 radical (unpaired) electrons. The van der Waals surface area contributed by atoms with Crippen LogP contribution in [0.15, 0.2) is 24.3 Å². The average molecular weight is 315 g/mol. The summed E-state index contributed by atoms with van der Waals surface area (Å²) < 4.78 is 41.5. The Bertz CT molecular complexity index is 556. The van der Waals surface area contributed by atoms with E-state index in [0.717, 1.165) is 5.56 Å². The van der Waals surface area contributed by atoms with E-state index in [2.05, 4.69) is 5.32 Å². The van der Waals surface area contributed by atoms with Gasteiger partial charge in [0, 0.05) is 38.8 Å². The van der Waals surface area contributed by atoms with Crippen LogP contribution < -0.4 is 5.32 Å². The lowest BCUT2D eigenvalue weighted by atomic mass is 10.1. The van der Waals surface area contributed by atoms with Crippen molar-refractivity contribution in [2.75, 3.05) is 32.7 Å². The van der Waals surface area contributed by atoms with Gasteiger partial charge in [0.05, 0.1) is 0 Å². The number of nitrogens with zero attached hydrogens (tertiary/aromatic N) is 2. The van der Waals surface area contributed by atoms with Crippen molar-refractivity contribution in [1.29, 1.82) is 0 Å². The van der Waals surface area contributed by atoms with Crippen LogP contribution in [0, 0.1) is 5.82 Å². The van der Waals surface area contributed by atoms with Crippen LogP contribution in [-0.4, -0.2) is 49.8 Å². The van der Waals surface area contributed by atoms with Crippen molar-refractivity contribution in [3.63, 3.8) is 0 Å². The smallest absolute Gasteiger partial charge is 0.282 e. The minimum absolute atomic E-state index is 0.320. The quantitative estimate of drug-likeness (QED) is 0.892. The van der Waals surface area contributed by atoms with Crippen LogP contribution in [0.5, 0.6) is 0 Å². The Kier molecular flexibility index (Phi) is 5.32. The molecule has 1 aliphatic rings. The summed E-state index contributed by atoms with van der Waals surface area (Å²) >= 11 is 0. The van der Waals surface area contributed by atoms with Crippen LogP contribution in [0.2, 0.25) is 0 Å². The Morgan fingerprint density at radius 1 is 1.29 bits per heavy atom. The van der Waals surface area contributed by atoms with Crippen molar-refractivity contribution in [1.82, 2.24) is 13.9 Å². The molecule has 2 rings (SSSR count). The fourth-order valence-corrected chi connectivity index (χ4v) is 4.36. The standard InChI is InChI=1S/C14H22FN3O2S/c1-3-18(12(2)13-4-6-14(15)7-5-13)21(19,20)17-10-8-16-9-11-17/h4-7,12,16H,3,8-11H2,1-2H3. The molecule has 0 saturated carbocycles. The molecule has 1 atom stereocenters. The van der Waals surface area contributed by atoms with Gasteiger partial charge in [0.25, 0.3) is 10.2 Å². The molecule has 1 heterocycles. The molecule has 1 aromatic carbocycles. The van der Waals surface area contributed by atoms with Gasteiger partial charge >= 0.3 is 0 Å².